The molecule has 3 heterocycles. The zero-order valence-corrected chi connectivity index (χ0v) is 15.3. The Morgan fingerprint density at radius 1 is 1.30 bits per heavy atom. The number of aromatic amines is 1. The summed E-state index contributed by atoms with van der Waals surface area (Å²) < 4.78 is 0. The number of hydrogen-bond donors (Lipinski definition) is 4. The van der Waals surface area contributed by atoms with Crippen molar-refractivity contribution in [2.45, 2.75) is 37.8 Å². The van der Waals surface area contributed by atoms with Gasteiger partial charge in [-0.25, -0.2) is 5.84 Å². The van der Waals surface area contributed by atoms with E-state index in [2.05, 4.69) is 39.6 Å². The van der Waals surface area contributed by atoms with Gasteiger partial charge in [0.1, 0.15) is 0 Å². The molecule has 1 aromatic heterocycles. The molecule has 5 unspecified atom stereocenters. The first-order valence-corrected chi connectivity index (χ1v) is 9.69. The van der Waals surface area contributed by atoms with Crippen LogP contribution in [0.5, 0.6) is 0 Å². The van der Waals surface area contributed by atoms with E-state index in [1.54, 1.807) is 0 Å². The molecular formula is C20H28N4O3. The van der Waals surface area contributed by atoms with Gasteiger partial charge in [0, 0.05) is 29.7 Å². The number of piperidine rings is 1. The van der Waals surface area contributed by atoms with Gasteiger partial charge >= 0.3 is 0 Å². The molecule has 2 aliphatic heterocycles. The lowest BCUT2D eigenvalue weighted by Crippen LogP contribution is -2.55. The number of hydrogen-bond acceptors (Lipinski definition) is 4. The topological polar surface area (TPSA) is 126 Å². The van der Waals surface area contributed by atoms with Gasteiger partial charge in [-0.1, -0.05) is 18.2 Å². The summed E-state index contributed by atoms with van der Waals surface area (Å²) in [6, 6.07) is 8.79. The van der Waals surface area contributed by atoms with Gasteiger partial charge in [-0.2, -0.15) is 0 Å². The number of aliphatic hydroxyl groups excluding tert-OH is 1. The van der Waals surface area contributed by atoms with E-state index in [1.807, 2.05) is 0 Å². The Bertz CT molecular complexity index is 851. The Morgan fingerprint density at radius 3 is 2.93 bits per heavy atom. The second-order valence-electron chi connectivity index (χ2n) is 8.16. The van der Waals surface area contributed by atoms with Gasteiger partial charge in [-0.3, -0.25) is 15.1 Å². The minimum absolute atomic E-state index is 0. The third-order valence-corrected chi connectivity index (χ3v) is 6.99. The number of nitrogens with zero attached hydrogens (tertiary/aromatic N) is 1. The maximum atomic E-state index is 12.4. The minimum atomic E-state index is -0.586. The lowest BCUT2D eigenvalue weighted by molar-refractivity contribution is -0.139. The highest BCUT2D eigenvalue weighted by Gasteiger charge is 2.48. The molecule has 1 aliphatic carbocycles. The summed E-state index contributed by atoms with van der Waals surface area (Å²) in [5, 5.41) is 11.8. The average Bonchev–Trinajstić information content (AvgIpc) is 3.05. The molecule has 1 amide bonds. The van der Waals surface area contributed by atoms with Gasteiger partial charge in [0.2, 0.25) is 5.91 Å². The van der Waals surface area contributed by atoms with Gasteiger partial charge in [0.15, 0.2) is 0 Å². The number of aliphatic hydroxyl groups is 1. The number of carbonyl (C=O) groups is 1. The number of rotatable bonds is 1. The van der Waals surface area contributed by atoms with Crippen LogP contribution in [0.25, 0.3) is 10.9 Å². The van der Waals surface area contributed by atoms with Crippen LogP contribution in [0.2, 0.25) is 0 Å². The molecule has 7 N–H and O–H groups in total. The number of hydrazine groups is 1. The number of nitrogens with one attached hydrogen (secondary N) is 2. The van der Waals surface area contributed by atoms with Crippen LogP contribution in [-0.2, 0) is 11.2 Å². The monoisotopic (exact) mass is 372 g/mol. The molecule has 0 bridgehead atoms. The summed E-state index contributed by atoms with van der Waals surface area (Å²) in [6.45, 7) is 2.07. The van der Waals surface area contributed by atoms with Crippen LogP contribution in [0.3, 0.4) is 0 Å². The standard InChI is InChI=1S/C20H26N4O2.H2O/c21-23-20(26)18-14-9-16-19-13(12-3-1-2-4-15(12)22-19)7-8-24(16)10-11(14)5-6-17(18)25;/h1-4,11,14,16-18,22,25H,5-10,21H2,(H,23,26);1H2. The molecular weight excluding hydrogens is 344 g/mol. The first kappa shape index (κ1) is 18.4. The lowest BCUT2D eigenvalue weighted by Gasteiger charge is -2.51. The highest BCUT2D eigenvalue weighted by Crippen LogP contribution is 2.49. The zero-order chi connectivity index (χ0) is 17.8. The van der Waals surface area contributed by atoms with E-state index >= 15 is 0 Å². The van der Waals surface area contributed by atoms with Crippen LogP contribution in [-0.4, -0.2) is 45.6 Å². The lowest BCUT2D eigenvalue weighted by atomic mass is 9.64. The van der Waals surface area contributed by atoms with Crippen molar-refractivity contribution in [2.75, 3.05) is 13.1 Å². The Labute approximate surface area is 158 Å². The highest BCUT2D eigenvalue weighted by molar-refractivity contribution is 5.85. The van der Waals surface area contributed by atoms with Crippen LogP contribution in [0, 0.1) is 17.8 Å². The first-order chi connectivity index (χ1) is 12.7. The predicted octanol–water partition coefficient (Wildman–Crippen LogP) is 0.639. The number of para-hydroxylation sites is 1. The van der Waals surface area contributed by atoms with Crippen LogP contribution in [0.15, 0.2) is 24.3 Å². The molecule has 5 atom stereocenters. The third-order valence-electron chi connectivity index (χ3n) is 6.99. The molecule has 7 nitrogen and oxygen atoms in total. The van der Waals surface area contributed by atoms with Crippen molar-refractivity contribution in [1.29, 1.82) is 0 Å². The van der Waals surface area contributed by atoms with Crippen LogP contribution < -0.4 is 11.3 Å². The highest BCUT2D eigenvalue weighted by atomic mass is 16.3. The zero-order valence-electron chi connectivity index (χ0n) is 15.3. The quantitative estimate of drug-likeness (QED) is 0.333. The van der Waals surface area contributed by atoms with E-state index in [1.165, 1.54) is 22.2 Å². The van der Waals surface area contributed by atoms with E-state index in [0.29, 0.717) is 18.4 Å². The largest absolute Gasteiger partial charge is 0.412 e. The Balaban J connectivity index is 0.00000180. The third kappa shape index (κ3) is 2.77. The van der Waals surface area contributed by atoms with Gasteiger partial charge in [0.05, 0.1) is 18.1 Å². The summed E-state index contributed by atoms with van der Waals surface area (Å²) in [5.41, 5.74) is 6.22. The average molecular weight is 372 g/mol. The smallest absolute Gasteiger partial charge is 0.239 e. The van der Waals surface area contributed by atoms with Crippen LogP contribution in [0.4, 0.5) is 0 Å². The maximum absolute atomic E-state index is 12.4. The van der Waals surface area contributed by atoms with E-state index in [4.69, 9.17) is 5.84 Å². The normalized spacial score (nSPS) is 32.7. The van der Waals surface area contributed by atoms with E-state index in [-0.39, 0.29) is 17.3 Å². The predicted molar refractivity (Wildman–Crippen MR) is 103 cm³/mol. The molecule has 27 heavy (non-hydrogen) atoms. The molecule has 5 rings (SSSR count). The number of nitrogens with two attached hydrogens (primary N) is 1. The summed E-state index contributed by atoms with van der Waals surface area (Å²) in [7, 11) is 0. The van der Waals surface area contributed by atoms with E-state index in [9.17, 15) is 9.90 Å². The van der Waals surface area contributed by atoms with Crippen molar-refractivity contribution in [1.82, 2.24) is 15.3 Å². The molecule has 146 valence electrons. The van der Waals surface area contributed by atoms with E-state index < -0.39 is 12.0 Å². The molecule has 3 aliphatic rings. The second kappa shape index (κ2) is 6.91. The second-order valence-corrected chi connectivity index (χ2v) is 8.16. The SMILES string of the molecule is NNC(=O)C1C(O)CCC2CN3CCc4c([nH]c5ccccc45)C3CC21.O. The summed E-state index contributed by atoms with van der Waals surface area (Å²) in [5.74, 6) is 5.45. The van der Waals surface area contributed by atoms with Crippen LogP contribution in [0.1, 0.15) is 36.6 Å². The van der Waals surface area contributed by atoms with Crippen molar-refractivity contribution < 1.29 is 15.4 Å². The first-order valence-electron chi connectivity index (χ1n) is 9.69. The van der Waals surface area contributed by atoms with Crippen molar-refractivity contribution in [3.8, 4) is 0 Å². The number of fused-ring (bicyclic) bond motifs is 6. The molecule has 7 heteroatoms. The van der Waals surface area contributed by atoms with Gasteiger partial charge < -0.3 is 15.6 Å². The fourth-order valence-corrected chi connectivity index (χ4v) is 5.80. The maximum Gasteiger partial charge on any atom is 0.239 e. The van der Waals surface area contributed by atoms with Gasteiger partial charge in [-0.05, 0) is 49.1 Å². The molecule has 1 aromatic carbocycles. The van der Waals surface area contributed by atoms with Crippen molar-refractivity contribution in [2.24, 2.45) is 23.6 Å². The summed E-state index contributed by atoms with van der Waals surface area (Å²) >= 11 is 0. The summed E-state index contributed by atoms with van der Waals surface area (Å²) in [4.78, 5) is 18.6. The van der Waals surface area contributed by atoms with Gasteiger partial charge in [0.25, 0.3) is 0 Å². The Hall–Kier alpha value is -1.93. The Kier molecular flexibility index (Phi) is 4.71. The number of amides is 1. The van der Waals surface area contributed by atoms with Crippen LogP contribution >= 0.6 is 0 Å². The van der Waals surface area contributed by atoms with Gasteiger partial charge in [-0.15, -0.1) is 0 Å². The van der Waals surface area contributed by atoms with Crippen molar-refractivity contribution >= 4 is 16.8 Å². The minimum Gasteiger partial charge on any atom is -0.412 e. The molecule has 2 aromatic rings. The molecule has 0 spiro atoms. The molecule has 1 saturated heterocycles. The Morgan fingerprint density at radius 2 is 2.11 bits per heavy atom. The number of benzene rings is 1. The fraction of sp³-hybridized carbons (Fsp3) is 0.550. The van der Waals surface area contributed by atoms with Crippen molar-refractivity contribution in [3.05, 3.63) is 35.5 Å². The summed E-state index contributed by atoms with van der Waals surface area (Å²) in [6.07, 6.45) is 3.07. The molecule has 1 saturated carbocycles. The van der Waals surface area contributed by atoms with Crippen molar-refractivity contribution in [3.63, 3.8) is 0 Å². The van der Waals surface area contributed by atoms with E-state index in [0.717, 1.165) is 32.4 Å². The molecule has 2 fully saturated rings. The number of carbonyl (C=O) groups excluding carboxylic acids is 1. The molecule has 0 radical (unpaired) electrons. The number of H-pyrrole nitrogens is 1. The fourth-order valence-electron chi connectivity index (χ4n) is 5.80. The number of aromatic nitrogens is 1.